The number of hydrogen-bond donors (Lipinski definition) is 1. The minimum Gasteiger partial charge on any atom is -0.489 e. The van der Waals surface area contributed by atoms with Crippen LogP contribution in [0.4, 0.5) is 5.69 Å². The van der Waals surface area contributed by atoms with Gasteiger partial charge in [-0.25, -0.2) is 0 Å². The zero-order chi connectivity index (χ0) is 28.7. The van der Waals surface area contributed by atoms with E-state index in [1.54, 1.807) is 11.8 Å². The molecule has 2 amide bonds. The van der Waals surface area contributed by atoms with Crippen LogP contribution in [-0.4, -0.2) is 22.0 Å². The molecule has 3 fully saturated rings. The zero-order valence-corrected chi connectivity index (χ0v) is 25.9. The predicted octanol–water partition coefficient (Wildman–Crippen LogP) is 6.76. The Hall–Kier alpha value is -3.14. The summed E-state index contributed by atoms with van der Waals surface area (Å²) in [4.78, 5) is 46.0. The maximum atomic E-state index is 14.0. The molecule has 1 N–H and O–H groups in total. The Morgan fingerprint density at radius 3 is 2.50 bits per heavy atom. The number of nitrogens with zero attached hydrogens (tertiary/aromatic N) is 1. The van der Waals surface area contributed by atoms with E-state index in [4.69, 9.17) is 4.74 Å². The second-order valence-electron chi connectivity index (χ2n) is 11.8. The molecule has 4 aromatic rings. The number of aromatic amines is 1. The molecule has 3 aromatic carbocycles. The Kier molecular flexibility index (Phi) is 6.28. The lowest BCUT2D eigenvalue weighted by atomic mass is 9.68. The largest absolute Gasteiger partial charge is 0.489 e. The number of nitrogens with one attached hydrogen (secondary N) is 1. The van der Waals surface area contributed by atoms with Gasteiger partial charge in [-0.1, -0.05) is 75.3 Å². The SMILES string of the molecule is Cc1cccc(COc2ccccc2[C@H]2c3sc(=O)[nH]c3SC3C4CC(C5C(=O)N(c6ccc(Br)cc6)C(=O)C45)C32)c1. The third kappa shape index (κ3) is 4.00. The summed E-state index contributed by atoms with van der Waals surface area (Å²) >= 11 is 6.43. The molecule has 9 heteroatoms. The van der Waals surface area contributed by atoms with Crippen molar-refractivity contribution in [1.82, 2.24) is 4.98 Å². The molecule has 7 atom stereocenters. The fraction of sp³-hybridized carbons (Fsp3) is 0.303. The number of hydrogen-bond acceptors (Lipinski definition) is 6. The molecule has 0 radical (unpaired) electrons. The van der Waals surface area contributed by atoms with Crippen LogP contribution < -0.4 is 14.5 Å². The van der Waals surface area contributed by atoms with Crippen LogP contribution in [0.5, 0.6) is 5.75 Å². The van der Waals surface area contributed by atoms with E-state index in [0.717, 1.165) is 37.7 Å². The number of ether oxygens (including phenoxy) is 1. The van der Waals surface area contributed by atoms with Crippen molar-refractivity contribution in [2.45, 2.75) is 36.1 Å². The number of H-pyrrole nitrogens is 1. The number of fused-ring (bicyclic) bond motifs is 9. The zero-order valence-electron chi connectivity index (χ0n) is 22.7. The van der Waals surface area contributed by atoms with Crippen molar-refractivity contribution in [1.29, 1.82) is 0 Å². The van der Waals surface area contributed by atoms with Crippen LogP contribution in [0, 0.1) is 36.5 Å². The first kappa shape index (κ1) is 26.5. The number of halogens is 1. The van der Waals surface area contributed by atoms with Gasteiger partial charge in [0, 0.05) is 26.1 Å². The number of para-hydroxylation sites is 1. The number of aromatic nitrogens is 1. The molecule has 1 aromatic heterocycles. The lowest BCUT2D eigenvalue weighted by Gasteiger charge is -2.43. The van der Waals surface area contributed by atoms with Gasteiger partial charge in [-0.05, 0) is 67.0 Å². The Morgan fingerprint density at radius 1 is 0.952 bits per heavy atom. The van der Waals surface area contributed by atoms with E-state index in [-0.39, 0.29) is 57.4 Å². The monoisotopic (exact) mass is 658 g/mol. The molecular formula is C33H27BrN2O4S2. The lowest BCUT2D eigenvalue weighted by Crippen LogP contribution is -2.42. The second kappa shape index (κ2) is 9.96. The molecule has 3 heterocycles. The number of carbonyl (C=O) groups excluding carboxylic acids is 2. The molecule has 1 saturated heterocycles. The summed E-state index contributed by atoms with van der Waals surface area (Å²) in [7, 11) is 0. The van der Waals surface area contributed by atoms with Gasteiger partial charge < -0.3 is 9.72 Å². The lowest BCUT2D eigenvalue weighted by molar-refractivity contribution is -0.123. The molecule has 2 aliphatic heterocycles. The molecular weight excluding hydrogens is 632 g/mol. The Balaban J connectivity index is 1.18. The van der Waals surface area contributed by atoms with Crippen molar-refractivity contribution in [3.05, 3.63) is 109 Å². The highest BCUT2D eigenvalue weighted by Gasteiger charge is 2.69. The van der Waals surface area contributed by atoms with E-state index in [9.17, 15) is 14.4 Å². The van der Waals surface area contributed by atoms with Gasteiger partial charge >= 0.3 is 4.87 Å². The topological polar surface area (TPSA) is 79.5 Å². The molecule has 2 saturated carbocycles. The van der Waals surface area contributed by atoms with E-state index < -0.39 is 0 Å². The van der Waals surface area contributed by atoms with Gasteiger partial charge in [0.1, 0.15) is 12.4 Å². The number of benzene rings is 3. The highest BCUT2D eigenvalue weighted by Crippen LogP contribution is 2.69. The van der Waals surface area contributed by atoms with Crippen LogP contribution in [-0.2, 0) is 16.2 Å². The van der Waals surface area contributed by atoms with Gasteiger partial charge in [-0.15, -0.1) is 11.8 Å². The molecule has 4 aliphatic rings. The minimum atomic E-state index is -0.340. The van der Waals surface area contributed by atoms with Crippen LogP contribution in [0.25, 0.3) is 0 Å². The highest BCUT2D eigenvalue weighted by atomic mass is 79.9. The first-order valence-corrected chi connectivity index (χ1v) is 16.7. The predicted molar refractivity (Wildman–Crippen MR) is 167 cm³/mol. The van der Waals surface area contributed by atoms with Gasteiger partial charge in [-0.3, -0.25) is 19.3 Å². The standard InChI is InChI=1S/C33H27BrN2O4S2/c1-16-5-4-6-17(13-16)15-40-23-8-3-2-7-20(23)24-25-21-14-22(28(25)41-30-29(24)42-33(39)35-30)27-26(21)31(37)36(32(27)38)19-11-9-18(34)10-12-19/h2-13,21-22,24-28H,14-15H2,1H3,(H,35,39)/t21?,22?,24-,25?,26?,27?,28?/m1/s1. The van der Waals surface area contributed by atoms with Gasteiger partial charge in [0.25, 0.3) is 0 Å². The third-order valence-corrected chi connectivity index (χ3v) is 12.7. The summed E-state index contributed by atoms with van der Waals surface area (Å²) in [6.07, 6.45) is 0.852. The smallest absolute Gasteiger partial charge is 0.305 e. The van der Waals surface area contributed by atoms with Crippen LogP contribution in [0.3, 0.4) is 0 Å². The van der Waals surface area contributed by atoms with Crippen molar-refractivity contribution in [3.63, 3.8) is 0 Å². The van der Waals surface area contributed by atoms with Gasteiger partial charge in [0.05, 0.1) is 22.5 Å². The van der Waals surface area contributed by atoms with Crippen molar-refractivity contribution >= 4 is 56.5 Å². The van der Waals surface area contributed by atoms with Crippen LogP contribution in [0.1, 0.15) is 33.9 Å². The number of imide groups is 1. The Labute approximate surface area is 259 Å². The number of aryl methyl sites for hydroxylation is 1. The number of carbonyl (C=O) groups is 2. The van der Waals surface area contributed by atoms with E-state index >= 15 is 0 Å². The van der Waals surface area contributed by atoms with Crippen molar-refractivity contribution < 1.29 is 14.3 Å². The second-order valence-corrected chi connectivity index (χ2v) is 14.9. The van der Waals surface area contributed by atoms with Gasteiger partial charge in [0.2, 0.25) is 11.8 Å². The maximum absolute atomic E-state index is 14.0. The fourth-order valence-electron chi connectivity index (χ4n) is 8.04. The summed E-state index contributed by atoms with van der Waals surface area (Å²) in [5, 5.41) is 1.03. The van der Waals surface area contributed by atoms with E-state index in [1.165, 1.54) is 21.8 Å². The average molecular weight is 660 g/mol. The third-order valence-electron chi connectivity index (χ3n) is 9.54. The Bertz CT molecular complexity index is 1800. The first-order chi connectivity index (χ1) is 20.4. The quantitative estimate of drug-likeness (QED) is 0.240. The van der Waals surface area contributed by atoms with Crippen LogP contribution in [0.15, 0.2) is 87.1 Å². The molecule has 42 heavy (non-hydrogen) atoms. The summed E-state index contributed by atoms with van der Waals surface area (Å²) < 4.78 is 7.37. The molecule has 8 rings (SSSR count). The normalized spacial score (nSPS) is 29.0. The van der Waals surface area contributed by atoms with Crippen molar-refractivity contribution in [2.24, 2.45) is 29.6 Å². The fourth-order valence-corrected chi connectivity index (χ4v) is 11.2. The number of amides is 2. The number of anilines is 1. The van der Waals surface area contributed by atoms with Crippen LogP contribution in [0.2, 0.25) is 0 Å². The van der Waals surface area contributed by atoms with E-state index in [2.05, 4.69) is 52.1 Å². The summed E-state index contributed by atoms with van der Waals surface area (Å²) in [6, 6.07) is 23.8. The molecule has 2 bridgehead atoms. The summed E-state index contributed by atoms with van der Waals surface area (Å²) in [6.45, 7) is 2.51. The molecule has 0 spiro atoms. The highest BCUT2D eigenvalue weighted by molar-refractivity contribution is 9.10. The van der Waals surface area contributed by atoms with Crippen molar-refractivity contribution in [3.8, 4) is 5.75 Å². The minimum absolute atomic E-state index is 0.0505. The van der Waals surface area contributed by atoms with Crippen LogP contribution >= 0.6 is 39.0 Å². The molecule has 212 valence electrons. The summed E-state index contributed by atoms with van der Waals surface area (Å²) in [5.41, 5.74) is 3.96. The molecule has 6 unspecified atom stereocenters. The van der Waals surface area contributed by atoms with Crippen molar-refractivity contribution in [2.75, 3.05) is 4.90 Å². The first-order valence-electron chi connectivity index (χ1n) is 14.2. The number of thioether (sulfide) groups is 1. The average Bonchev–Trinajstić information content (AvgIpc) is 3.72. The van der Waals surface area contributed by atoms with E-state index in [0.29, 0.717) is 12.3 Å². The van der Waals surface area contributed by atoms with Gasteiger partial charge in [0.15, 0.2) is 0 Å². The molecule has 6 nitrogen and oxygen atoms in total. The summed E-state index contributed by atoms with van der Waals surface area (Å²) in [5.74, 6) is 0.122. The Morgan fingerprint density at radius 2 is 1.71 bits per heavy atom. The van der Waals surface area contributed by atoms with Gasteiger partial charge in [-0.2, -0.15) is 0 Å². The van der Waals surface area contributed by atoms with E-state index in [1.807, 2.05) is 48.5 Å². The number of rotatable bonds is 5. The maximum Gasteiger partial charge on any atom is 0.305 e. The number of thiazole rings is 1. The molecule has 2 aliphatic carbocycles.